The number of hydrogen-bond donors (Lipinski definition) is 1. The Balaban J connectivity index is 3.22. The van der Waals surface area contributed by atoms with Crippen LogP contribution in [-0.2, 0) is 9.53 Å². The molecule has 0 amide bonds. The fourth-order valence-electron chi connectivity index (χ4n) is 0.348. The Morgan fingerprint density at radius 1 is 1.80 bits per heavy atom. The maximum Gasteiger partial charge on any atom is 0.334 e. The normalized spacial score (nSPS) is 12.7. The molecule has 0 radical (unpaired) electrons. The van der Waals surface area contributed by atoms with Crippen molar-refractivity contribution in [2.45, 2.75) is 19.4 Å². The molecule has 0 bridgehead atoms. The van der Waals surface area contributed by atoms with Crippen molar-refractivity contribution in [3.8, 4) is 0 Å². The zero-order valence-electron chi connectivity index (χ0n) is 5.84. The summed E-state index contributed by atoms with van der Waals surface area (Å²) in [5.41, 5.74) is 0. The first-order valence-corrected chi connectivity index (χ1v) is 3.62. The van der Waals surface area contributed by atoms with Gasteiger partial charge in [0.15, 0.2) is 0 Å². The summed E-state index contributed by atoms with van der Waals surface area (Å²) < 4.78 is 4.57. The molecule has 0 rings (SSSR count). The van der Waals surface area contributed by atoms with Gasteiger partial charge in [-0.2, -0.15) is 0 Å². The SMILES string of the molecule is CC(O)C(=O)OCCCCl. The fourth-order valence-corrected chi connectivity index (χ4v) is 0.457. The lowest BCUT2D eigenvalue weighted by Gasteiger charge is -2.03. The summed E-state index contributed by atoms with van der Waals surface area (Å²) >= 11 is 5.31. The Bertz CT molecular complexity index is 103. The van der Waals surface area contributed by atoms with Gasteiger partial charge in [0.1, 0.15) is 6.10 Å². The van der Waals surface area contributed by atoms with Crippen LogP contribution in [0.15, 0.2) is 0 Å². The lowest BCUT2D eigenvalue weighted by Crippen LogP contribution is -2.19. The van der Waals surface area contributed by atoms with Crippen LogP contribution in [0.5, 0.6) is 0 Å². The van der Waals surface area contributed by atoms with Gasteiger partial charge >= 0.3 is 5.97 Å². The fraction of sp³-hybridized carbons (Fsp3) is 0.833. The third-order valence-electron chi connectivity index (χ3n) is 0.863. The summed E-state index contributed by atoms with van der Waals surface area (Å²) in [5.74, 6) is -0.127. The van der Waals surface area contributed by atoms with Gasteiger partial charge in [-0.3, -0.25) is 0 Å². The van der Waals surface area contributed by atoms with Crippen LogP contribution in [0.2, 0.25) is 0 Å². The Labute approximate surface area is 64.9 Å². The van der Waals surface area contributed by atoms with Gasteiger partial charge in [0.2, 0.25) is 0 Å². The first-order chi connectivity index (χ1) is 4.68. The molecule has 0 aliphatic heterocycles. The van der Waals surface area contributed by atoms with E-state index in [2.05, 4.69) is 4.74 Å². The van der Waals surface area contributed by atoms with E-state index < -0.39 is 12.1 Å². The van der Waals surface area contributed by atoms with E-state index in [1.807, 2.05) is 0 Å². The van der Waals surface area contributed by atoms with Crippen molar-refractivity contribution in [2.75, 3.05) is 12.5 Å². The van der Waals surface area contributed by atoms with E-state index in [9.17, 15) is 4.79 Å². The Morgan fingerprint density at radius 3 is 2.80 bits per heavy atom. The van der Waals surface area contributed by atoms with Gasteiger partial charge < -0.3 is 9.84 Å². The highest BCUT2D eigenvalue weighted by atomic mass is 35.5. The molecule has 0 saturated carbocycles. The first-order valence-electron chi connectivity index (χ1n) is 3.09. The summed E-state index contributed by atoms with van der Waals surface area (Å²) in [4.78, 5) is 10.5. The smallest absolute Gasteiger partial charge is 0.334 e. The minimum Gasteiger partial charge on any atom is -0.464 e. The molecular formula is C6H11ClO3. The van der Waals surface area contributed by atoms with Crippen molar-refractivity contribution in [3.63, 3.8) is 0 Å². The summed E-state index contributed by atoms with van der Waals surface area (Å²) in [6.45, 7) is 1.65. The second kappa shape index (κ2) is 5.50. The van der Waals surface area contributed by atoms with Gasteiger partial charge in [0.05, 0.1) is 6.61 Å². The topological polar surface area (TPSA) is 46.5 Å². The average Bonchev–Trinajstić information content (AvgIpc) is 1.88. The zero-order chi connectivity index (χ0) is 7.98. The van der Waals surface area contributed by atoms with Crippen molar-refractivity contribution in [3.05, 3.63) is 0 Å². The molecule has 1 unspecified atom stereocenters. The lowest BCUT2D eigenvalue weighted by atomic mass is 10.4. The third kappa shape index (κ3) is 4.58. The second-order valence-corrected chi connectivity index (χ2v) is 2.26. The molecular weight excluding hydrogens is 156 g/mol. The van der Waals surface area contributed by atoms with Crippen LogP contribution in [0.1, 0.15) is 13.3 Å². The minimum atomic E-state index is -1.03. The predicted molar refractivity (Wildman–Crippen MR) is 38.0 cm³/mol. The molecule has 0 heterocycles. The summed E-state index contributed by atoms with van der Waals surface area (Å²) in [5, 5.41) is 8.61. The van der Waals surface area contributed by atoms with Gasteiger partial charge in [-0.1, -0.05) is 0 Å². The van der Waals surface area contributed by atoms with Crippen molar-refractivity contribution in [1.82, 2.24) is 0 Å². The van der Waals surface area contributed by atoms with Crippen molar-refractivity contribution >= 4 is 17.6 Å². The number of aliphatic hydroxyl groups excluding tert-OH is 1. The predicted octanol–water partition coefficient (Wildman–Crippen LogP) is 0.539. The molecule has 1 N–H and O–H groups in total. The van der Waals surface area contributed by atoms with Gasteiger partial charge in [0, 0.05) is 5.88 Å². The molecule has 0 aromatic heterocycles. The van der Waals surface area contributed by atoms with E-state index in [0.29, 0.717) is 12.3 Å². The highest BCUT2D eigenvalue weighted by Gasteiger charge is 2.08. The first kappa shape index (κ1) is 9.72. The molecule has 60 valence electrons. The number of esters is 1. The average molecular weight is 167 g/mol. The van der Waals surface area contributed by atoms with Crippen LogP contribution in [0, 0.1) is 0 Å². The molecule has 1 atom stereocenters. The molecule has 3 nitrogen and oxygen atoms in total. The molecule has 0 saturated heterocycles. The van der Waals surface area contributed by atoms with Crippen LogP contribution >= 0.6 is 11.6 Å². The van der Waals surface area contributed by atoms with Crippen molar-refractivity contribution in [2.24, 2.45) is 0 Å². The van der Waals surface area contributed by atoms with Crippen LogP contribution < -0.4 is 0 Å². The van der Waals surface area contributed by atoms with Crippen molar-refractivity contribution < 1.29 is 14.6 Å². The highest BCUT2D eigenvalue weighted by Crippen LogP contribution is 1.90. The van der Waals surface area contributed by atoms with Crippen LogP contribution in [0.25, 0.3) is 0 Å². The van der Waals surface area contributed by atoms with E-state index in [1.54, 1.807) is 0 Å². The molecule has 0 fully saturated rings. The van der Waals surface area contributed by atoms with Gasteiger partial charge in [-0.15, -0.1) is 11.6 Å². The van der Waals surface area contributed by atoms with E-state index >= 15 is 0 Å². The zero-order valence-corrected chi connectivity index (χ0v) is 6.60. The van der Waals surface area contributed by atoms with E-state index in [1.165, 1.54) is 6.92 Å². The summed E-state index contributed by atoms with van der Waals surface area (Å²) in [6, 6.07) is 0. The van der Waals surface area contributed by atoms with Crippen LogP contribution in [0.3, 0.4) is 0 Å². The largest absolute Gasteiger partial charge is 0.464 e. The Morgan fingerprint density at radius 2 is 2.40 bits per heavy atom. The number of alkyl halides is 1. The van der Waals surface area contributed by atoms with Crippen LogP contribution in [0.4, 0.5) is 0 Å². The molecule has 0 spiro atoms. The number of carbonyl (C=O) groups is 1. The number of rotatable bonds is 4. The summed E-state index contributed by atoms with van der Waals surface area (Å²) in [6.07, 6.45) is -0.407. The standard InChI is InChI=1S/C6H11ClO3/c1-5(8)6(9)10-4-2-3-7/h5,8H,2-4H2,1H3. The summed E-state index contributed by atoms with van der Waals surface area (Å²) in [7, 11) is 0. The molecule has 0 aliphatic rings. The number of hydrogen-bond acceptors (Lipinski definition) is 3. The minimum absolute atomic E-state index is 0.285. The molecule has 0 aromatic carbocycles. The van der Waals surface area contributed by atoms with Gasteiger partial charge in [0.25, 0.3) is 0 Å². The number of ether oxygens (including phenoxy) is 1. The molecule has 4 heteroatoms. The van der Waals surface area contributed by atoms with Crippen molar-refractivity contribution in [1.29, 1.82) is 0 Å². The molecule has 0 aliphatic carbocycles. The molecule has 10 heavy (non-hydrogen) atoms. The van der Waals surface area contributed by atoms with Gasteiger partial charge in [-0.05, 0) is 13.3 Å². The second-order valence-electron chi connectivity index (χ2n) is 1.89. The van der Waals surface area contributed by atoms with Gasteiger partial charge in [-0.25, -0.2) is 4.79 Å². The number of carbonyl (C=O) groups excluding carboxylic acids is 1. The maximum absolute atomic E-state index is 10.5. The van der Waals surface area contributed by atoms with E-state index in [4.69, 9.17) is 16.7 Å². The van der Waals surface area contributed by atoms with E-state index in [-0.39, 0.29) is 6.61 Å². The van der Waals surface area contributed by atoms with E-state index in [0.717, 1.165) is 0 Å². The molecule has 0 aromatic rings. The quantitative estimate of drug-likeness (QED) is 0.377. The Hall–Kier alpha value is -0.280. The monoisotopic (exact) mass is 166 g/mol. The third-order valence-corrected chi connectivity index (χ3v) is 1.13. The number of halogens is 1. The lowest BCUT2D eigenvalue weighted by molar-refractivity contribution is -0.152. The number of aliphatic hydroxyl groups is 1. The highest BCUT2D eigenvalue weighted by molar-refractivity contribution is 6.17. The van der Waals surface area contributed by atoms with Crippen LogP contribution in [-0.4, -0.2) is 29.7 Å². The maximum atomic E-state index is 10.5. The Kier molecular flexibility index (Phi) is 5.35.